The lowest BCUT2D eigenvalue weighted by Gasteiger charge is -2.38. The summed E-state index contributed by atoms with van der Waals surface area (Å²) in [5, 5.41) is 12.0. The van der Waals surface area contributed by atoms with Gasteiger partial charge in [-0.1, -0.05) is 19.1 Å². The summed E-state index contributed by atoms with van der Waals surface area (Å²) < 4.78 is 0. The van der Waals surface area contributed by atoms with Crippen molar-refractivity contribution in [3.63, 3.8) is 0 Å². The van der Waals surface area contributed by atoms with Crippen LogP contribution in [0.4, 0.5) is 5.69 Å². The van der Waals surface area contributed by atoms with Crippen molar-refractivity contribution in [2.45, 2.75) is 25.8 Å². The average molecular weight is 382 g/mol. The SMILES string of the molecule is C[C@H]1CC[C@H](c2ccc(O)cc2)N(C(=O)C(=O)Nc2cncc(C(N)=O)c2)C1. The lowest BCUT2D eigenvalue weighted by atomic mass is 9.90. The Balaban J connectivity index is 1.79. The van der Waals surface area contributed by atoms with Crippen LogP contribution in [0.15, 0.2) is 42.7 Å². The summed E-state index contributed by atoms with van der Waals surface area (Å²) >= 11 is 0. The van der Waals surface area contributed by atoms with Gasteiger partial charge >= 0.3 is 11.8 Å². The molecule has 8 heteroatoms. The van der Waals surface area contributed by atoms with Gasteiger partial charge in [0.1, 0.15) is 5.75 Å². The van der Waals surface area contributed by atoms with Gasteiger partial charge in [-0.05, 0) is 42.5 Å². The Hall–Kier alpha value is -3.42. The number of piperidine rings is 1. The highest BCUT2D eigenvalue weighted by molar-refractivity contribution is 6.39. The topological polar surface area (TPSA) is 126 Å². The number of carbonyl (C=O) groups excluding carboxylic acids is 3. The number of pyridine rings is 1. The van der Waals surface area contributed by atoms with Crippen LogP contribution >= 0.6 is 0 Å². The standard InChI is InChI=1S/C20H22N4O4/c1-12-2-7-17(13-3-5-16(25)6-4-13)24(11-12)20(28)19(27)23-15-8-14(18(21)26)9-22-10-15/h3-6,8-10,12,17,25H,2,7,11H2,1H3,(H2,21,26)(H,23,27)/t12-,17+/m0/s1. The molecule has 1 saturated heterocycles. The molecule has 0 spiro atoms. The number of aromatic hydroxyl groups is 1. The Morgan fingerprint density at radius 3 is 2.57 bits per heavy atom. The summed E-state index contributed by atoms with van der Waals surface area (Å²) in [6, 6.07) is 7.78. The zero-order chi connectivity index (χ0) is 20.3. The quantitative estimate of drug-likeness (QED) is 0.698. The molecule has 8 nitrogen and oxygen atoms in total. The maximum Gasteiger partial charge on any atom is 0.313 e. The molecule has 2 atom stereocenters. The molecule has 1 fully saturated rings. The summed E-state index contributed by atoms with van der Waals surface area (Å²) in [7, 11) is 0. The van der Waals surface area contributed by atoms with Crippen LogP contribution in [0.2, 0.25) is 0 Å². The zero-order valence-electron chi connectivity index (χ0n) is 15.5. The Kier molecular flexibility index (Phi) is 5.58. The molecule has 1 aromatic carbocycles. The van der Waals surface area contributed by atoms with Crippen molar-refractivity contribution >= 4 is 23.4 Å². The van der Waals surface area contributed by atoms with Crippen LogP contribution in [0.3, 0.4) is 0 Å². The van der Waals surface area contributed by atoms with Crippen molar-refractivity contribution in [2.75, 3.05) is 11.9 Å². The number of likely N-dealkylation sites (tertiary alicyclic amines) is 1. The molecule has 146 valence electrons. The number of rotatable bonds is 3. The predicted molar refractivity (Wildman–Crippen MR) is 102 cm³/mol. The third-order valence-electron chi connectivity index (χ3n) is 4.83. The fourth-order valence-electron chi connectivity index (χ4n) is 3.38. The monoisotopic (exact) mass is 382 g/mol. The maximum atomic E-state index is 12.9. The molecule has 0 aliphatic carbocycles. The summed E-state index contributed by atoms with van der Waals surface area (Å²) in [5.74, 6) is -1.72. The normalized spacial score (nSPS) is 19.1. The first-order valence-corrected chi connectivity index (χ1v) is 9.01. The van der Waals surface area contributed by atoms with Crippen molar-refractivity contribution in [1.29, 1.82) is 0 Å². The third-order valence-corrected chi connectivity index (χ3v) is 4.83. The van der Waals surface area contributed by atoms with E-state index in [-0.39, 0.29) is 29.0 Å². The van der Waals surface area contributed by atoms with E-state index in [9.17, 15) is 19.5 Å². The number of hydrogen-bond donors (Lipinski definition) is 3. The molecule has 3 rings (SSSR count). The zero-order valence-corrected chi connectivity index (χ0v) is 15.5. The summed E-state index contributed by atoms with van der Waals surface area (Å²) in [6.45, 7) is 2.49. The number of amides is 3. The second-order valence-electron chi connectivity index (χ2n) is 7.03. The minimum absolute atomic E-state index is 0.138. The molecule has 28 heavy (non-hydrogen) atoms. The van der Waals surface area contributed by atoms with E-state index in [0.717, 1.165) is 18.4 Å². The molecule has 0 bridgehead atoms. The van der Waals surface area contributed by atoms with Gasteiger partial charge in [0.15, 0.2) is 0 Å². The molecular weight excluding hydrogens is 360 g/mol. The first kappa shape index (κ1) is 19.3. The second-order valence-corrected chi connectivity index (χ2v) is 7.03. The molecule has 0 radical (unpaired) electrons. The van der Waals surface area contributed by atoms with Gasteiger partial charge in [-0.2, -0.15) is 0 Å². The van der Waals surface area contributed by atoms with Gasteiger partial charge in [-0.15, -0.1) is 0 Å². The predicted octanol–water partition coefficient (Wildman–Crippen LogP) is 1.82. The number of benzene rings is 1. The fraction of sp³-hybridized carbons (Fsp3) is 0.300. The van der Waals surface area contributed by atoms with Crippen molar-refractivity contribution in [3.05, 3.63) is 53.9 Å². The van der Waals surface area contributed by atoms with Gasteiger partial charge in [0.05, 0.1) is 23.5 Å². The number of nitrogens with two attached hydrogens (primary N) is 1. The van der Waals surface area contributed by atoms with Crippen LogP contribution in [0.25, 0.3) is 0 Å². The lowest BCUT2D eigenvalue weighted by molar-refractivity contribution is -0.146. The molecule has 2 heterocycles. The fourth-order valence-corrected chi connectivity index (χ4v) is 3.38. The van der Waals surface area contributed by atoms with E-state index in [2.05, 4.69) is 10.3 Å². The van der Waals surface area contributed by atoms with Gasteiger partial charge in [0.25, 0.3) is 0 Å². The molecule has 1 aliphatic heterocycles. The van der Waals surface area contributed by atoms with E-state index in [1.165, 1.54) is 18.5 Å². The van der Waals surface area contributed by atoms with E-state index in [1.807, 2.05) is 6.92 Å². The number of nitrogens with zero attached hydrogens (tertiary/aromatic N) is 2. The molecule has 0 unspecified atom stereocenters. The van der Waals surface area contributed by atoms with Gasteiger partial charge in [-0.3, -0.25) is 19.4 Å². The highest BCUT2D eigenvalue weighted by atomic mass is 16.3. The summed E-state index contributed by atoms with van der Waals surface area (Å²) in [6.07, 6.45) is 4.28. The van der Waals surface area contributed by atoms with Crippen LogP contribution < -0.4 is 11.1 Å². The summed E-state index contributed by atoms with van der Waals surface area (Å²) in [5.41, 5.74) is 6.44. The molecule has 1 aromatic heterocycles. The number of nitrogens with one attached hydrogen (secondary N) is 1. The third kappa shape index (κ3) is 4.28. The van der Waals surface area contributed by atoms with Crippen molar-refractivity contribution < 1.29 is 19.5 Å². The van der Waals surface area contributed by atoms with E-state index < -0.39 is 17.7 Å². The van der Waals surface area contributed by atoms with Gasteiger partial charge in [0, 0.05) is 12.7 Å². The molecule has 0 saturated carbocycles. The molecule has 4 N–H and O–H groups in total. The number of carbonyl (C=O) groups is 3. The van der Waals surface area contributed by atoms with E-state index in [0.29, 0.717) is 6.54 Å². The molecule has 2 aromatic rings. The maximum absolute atomic E-state index is 12.9. The average Bonchev–Trinajstić information content (AvgIpc) is 2.68. The number of primary amides is 1. The Morgan fingerprint density at radius 1 is 1.18 bits per heavy atom. The van der Waals surface area contributed by atoms with Crippen molar-refractivity contribution in [3.8, 4) is 5.75 Å². The summed E-state index contributed by atoms with van der Waals surface area (Å²) in [4.78, 5) is 42.1. The van der Waals surface area contributed by atoms with Crippen LogP contribution in [0.1, 0.15) is 41.7 Å². The molecule has 1 aliphatic rings. The number of aromatic nitrogens is 1. The van der Waals surface area contributed by atoms with Gasteiger partial charge in [0.2, 0.25) is 5.91 Å². The number of phenolic OH excluding ortho intramolecular Hbond substituents is 1. The van der Waals surface area contributed by atoms with Gasteiger partial charge < -0.3 is 21.1 Å². The van der Waals surface area contributed by atoms with E-state index >= 15 is 0 Å². The minimum Gasteiger partial charge on any atom is -0.508 e. The van der Waals surface area contributed by atoms with Crippen LogP contribution in [-0.4, -0.2) is 39.3 Å². The number of hydrogen-bond acceptors (Lipinski definition) is 5. The van der Waals surface area contributed by atoms with E-state index in [1.54, 1.807) is 29.2 Å². The highest BCUT2D eigenvalue weighted by Gasteiger charge is 2.34. The largest absolute Gasteiger partial charge is 0.508 e. The first-order chi connectivity index (χ1) is 13.3. The Morgan fingerprint density at radius 2 is 1.89 bits per heavy atom. The highest BCUT2D eigenvalue weighted by Crippen LogP contribution is 2.34. The van der Waals surface area contributed by atoms with E-state index in [4.69, 9.17) is 5.73 Å². The Bertz CT molecular complexity index is 897. The molecular formula is C20H22N4O4. The smallest absolute Gasteiger partial charge is 0.313 e. The van der Waals surface area contributed by atoms with Crippen LogP contribution in [-0.2, 0) is 9.59 Å². The van der Waals surface area contributed by atoms with Crippen LogP contribution in [0.5, 0.6) is 5.75 Å². The number of phenols is 1. The van der Waals surface area contributed by atoms with Crippen molar-refractivity contribution in [1.82, 2.24) is 9.88 Å². The number of anilines is 1. The lowest BCUT2D eigenvalue weighted by Crippen LogP contribution is -2.46. The molecule has 3 amide bonds. The van der Waals surface area contributed by atoms with Gasteiger partial charge in [-0.25, -0.2) is 0 Å². The minimum atomic E-state index is -0.804. The Labute approximate surface area is 162 Å². The first-order valence-electron chi connectivity index (χ1n) is 9.01. The van der Waals surface area contributed by atoms with Crippen molar-refractivity contribution in [2.24, 2.45) is 11.7 Å². The van der Waals surface area contributed by atoms with Crippen LogP contribution in [0, 0.1) is 5.92 Å². The second kappa shape index (κ2) is 8.08.